The summed E-state index contributed by atoms with van der Waals surface area (Å²) in [5, 5.41) is 0. The summed E-state index contributed by atoms with van der Waals surface area (Å²) >= 11 is 0. The van der Waals surface area contributed by atoms with Crippen LogP contribution in [0.5, 0.6) is 5.75 Å². The standard InChI is InChI=1S/C14H16F4O2/c1-12(2,7-13(8-20-13)14(16,17)18)9-5-4-6-10(15)11(9)19-3/h4-6H,7-8H2,1-3H3/t13-/m1/s1. The summed E-state index contributed by atoms with van der Waals surface area (Å²) in [4.78, 5) is 0. The monoisotopic (exact) mass is 292 g/mol. The van der Waals surface area contributed by atoms with E-state index < -0.39 is 23.0 Å². The first-order valence-electron chi connectivity index (χ1n) is 6.17. The molecule has 2 rings (SSSR count). The Morgan fingerprint density at radius 3 is 2.35 bits per heavy atom. The SMILES string of the molecule is COc1c(F)cccc1C(C)(C)C[C@]1(C(F)(F)F)CO1. The molecule has 0 unspecified atom stereocenters. The molecule has 1 saturated heterocycles. The third-order valence-electron chi connectivity index (χ3n) is 3.64. The molecule has 1 aliphatic rings. The number of halogens is 4. The lowest BCUT2D eigenvalue weighted by Gasteiger charge is -2.31. The maximum atomic E-state index is 13.7. The van der Waals surface area contributed by atoms with Crippen molar-refractivity contribution < 1.29 is 27.0 Å². The first kappa shape index (κ1) is 15.1. The lowest BCUT2D eigenvalue weighted by Crippen LogP contribution is -2.39. The first-order chi connectivity index (χ1) is 9.13. The molecule has 0 saturated carbocycles. The zero-order valence-corrected chi connectivity index (χ0v) is 11.5. The molecule has 0 bridgehead atoms. The minimum atomic E-state index is -4.43. The van der Waals surface area contributed by atoms with Crippen LogP contribution in [0.4, 0.5) is 17.6 Å². The highest BCUT2D eigenvalue weighted by Crippen LogP contribution is 2.52. The van der Waals surface area contributed by atoms with Gasteiger partial charge in [0.25, 0.3) is 0 Å². The maximum absolute atomic E-state index is 13.7. The van der Waals surface area contributed by atoms with Gasteiger partial charge in [-0.25, -0.2) is 4.39 Å². The van der Waals surface area contributed by atoms with Gasteiger partial charge >= 0.3 is 6.18 Å². The maximum Gasteiger partial charge on any atom is 0.419 e. The van der Waals surface area contributed by atoms with Gasteiger partial charge in [0.15, 0.2) is 17.2 Å². The van der Waals surface area contributed by atoms with Gasteiger partial charge in [-0.1, -0.05) is 26.0 Å². The van der Waals surface area contributed by atoms with Crippen LogP contribution in [-0.2, 0) is 10.2 Å². The fourth-order valence-corrected chi connectivity index (χ4v) is 2.51. The molecule has 1 aromatic carbocycles. The van der Waals surface area contributed by atoms with Gasteiger partial charge in [0.05, 0.1) is 13.7 Å². The van der Waals surface area contributed by atoms with Crippen molar-refractivity contribution in [2.75, 3.05) is 13.7 Å². The second-order valence-electron chi connectivity index (χ2n) is 5.66. The lowest BCUT2D eigenvalue weighted by atomic mass is 9.76. The van der Waals surface area contributed by atoms with Gasteiger partial charge in [0.1, 0.15) is 0 Å². The minimum absolute atomic E-state index is 0.0181. The number of methoxy groups -OCH3 is 1. The smallest absolute Gasteiger partial charge is 0.419 e. The molecule has 0 aromatic heterocycles. The Morgan fingerprint density at radius 2 is 1.90 bits per heavy atom. The molecular formula is C14H16F4O2. The van der Waals surface area contributed by atoms with E-state index in [1.165, 1.54) is 19.2 Å². The van der Waals surface area contributed by atoms with Crippen LogP contribution in [0.2, 0.25) is 0 Å². The van der Waals surface area contributed by atoms with E-state index in [0.29, 0.717) is 5.56 Å². The normalized spacial score (nSPS) is 22.8. The molecule has 6 heteroatoms. The predicted molar refractivity (Wildman–Crippen MR) is 65.3 cm³/mol. The van der Waals surface area contributed by atoms with Crippen molar-refractivity contribution in [2.45, 2.75) is 37.5 Å². The summed E-state index contributed by atoms with van der Waals surface area (Å²) < 4.78 is 62.3. The van der Waals surface area contributed by atoms with Gasteiger partial charge in [0, 0.05) is 5.56 Å². The van der Waals surface area contributed by atoms with E-state index in [-0.39, 0.29) is 18.8 Å². The average molecular weight is 292 g/mol. The van der Waals surface area contributed by atoms with Gasteiger partial charge in [-0.2, -0.15) is 13.2 Å². The van der Waals surface area contributed by atoms with Gasteiger partial charge in [0.2, 0.25) is 0 Å². The molecule has 112 valence electrons. The molecule has 1 aliphatic heterocycles. The summed E-state index contributed by atoms with van der Waals surface area (Å²) in [6.07, 6.45) is -4.70. The van der Waals surface area contributed by atoms with Gasteiger partial charge in [-0.05, 0) is 17.9 Å². The summed E-state index contributed by atoms with van der Waals surface area (Å²) in [5.74, 6) is -0.605. The fraction of sp³-hybridized carbons (Fsp3) is 0.571. The van der Waals surface area contributed by atoms with E-state index in [9.17, 15) is 17.6 Å². The molecular weight excluding hydrogens is 276 g/mol. The van der Waals surface area contributed by atoms with Gasteiger partial charge in [-0.3, -0.25) is 0 Å². The Labute approximate surface area is 114 Å². The van der Waals surface area contributed by atoms with Crippen LogP contribution in [0.3, 0.4) is 0 Å². The van der Waals surface area contributed by atoms with Crippen LogP contribution in [0.1, 0.15) is 25.8 Å². The highest BCUT2D eigenvalue weighted by molar-refractivity contribution is 5.40. The van der Waals surface area contributed by atoms with E-state index in [1.807, 2.05) is 0 Å². The molecule has 1 aromatic rings. The third kappa shape index (κ3) is 2.49. The van der Waals surface area contributed by atoms with Crippen LogP contribution >= 0.6 is 0 Å². The topological polar surface area (TPSA) is 21.8 Å². The van der Waals surface area contributed by atoms with Crippen molar-refractivity contribution in [1.29, 1.82) is 0 Å². The van der Waals surface area contributed by atoms with Crippen LogP contribution in [-0.4, -0.2) is 25.5 Å². The molecule has 0 amide bonds. The van der Waals surface area contributed by atoms with Crippen LogP contribution in [0.25, 0.3) is 0 Å². The summed E-state index contributed by atoms with van der Waals surface area (Å²) in [7, 11) is 1.30. The Hall–Kier alpha value is -1.30. The first-order valence-corrected chi connectivity index (χ1v) is 6.17. The number of hydrogen-bond donors (Lipinski definition) is 0. The summed E-state index contributed by atoms with van der Waals surface area (Å²) in [6.45, 7) is 2.90. The molecule has 1 atom stereocenters. The van der Waals surface area contributed by atoms with E-state index in [0.717, 1.165) is 0 Å². The fourth-order valence-electron chi connectivity index (χ4n) is 2.51. The largest absolute Gasteiger partial charge is 0.493 e. The number of alkyl halides is 3. The molecule has 1 heterocycles. The Kier molecular flexibility index (Phi) is 3.48. The number of epoxide rings is 1. The lowest BCUT2D eigenvalue weighted by molar-refractivity contribution is -0.188. The van der Waals surface area contributed by atoms with Crippen molar-refractivity contribution in [1.82, 2.24) is 0 Å². The zero-order chi connectivity index (χ0) is 15.2. The van der Waals surface area contributed by atoms with Gasteiger partial charge in [-0.15, -0.1) is 0 Å². The second-order valence-corrected chi connectivity index (χ2v) is 5.66. The Morgan fingerprint density at radius 1 is 1.30 bits per heavy atom. The minimum Gasteiger partial charge on any atom is -0.493 e. The third-order valence-corrected chi connectivity index (χ3v) is 3.64. The second kappa shape index (κ2) is 4.62. The molecule has 2 nitrogen and oxygen atoms in total. The van der Waals surface area contributed by atoms with Crippen LogP contribution in [0.15, 0.2) is 18.2 Å². The van der Waals surface area contributed by atoms with Crippen LogP contribution < -0.4 is 4.74 Å². The quantitative estimate of drug-likeness (QED) is 0.621. The number of ether oxygens (including phenoxy) is 2. The summed E-state index contributed by atoms with van der Waals surface area (Å²) in [5.41, 5.74) is -2.65. The molecule has 0 radical (unpaired) electrons. The van der Waals surface area contributed by atoms with Gasteiger partial charge < -0.3 is 9.47 Å². The average Bonchev–Trinajstić information content (AvgIpc) is 3.08. The summed E-state index contributed by atoms with van der Waals surface area (Å²) in [6, 6.07) is 4.25. The van der Waals surface area contributed by atoms with Crippen molar-refractivity contribution in [3.63, 3.8) is 0 Å². The zero-order valence-electron chi connectivity index (χ0n) is 11.5. The van der Waals surface area contributed by atoms with Crippen molar-refractivity contribution >= 4 is 0 Å². The van der Waals surface area contributed by atoms with E-state index in [2.05, 4.69) is 4.74 Å². The molecule has 20 heavy (non-hydrogen) atoms. The number of para-hydroxylation sites is 1. The van der Waals surface area contributed by atoms with E-state index >= 15 is 0 Å². The molecule has 0 spiro atoms. The Bertz CT molecular complexity index is 504. The molecule has 1 fully saturated rings. The number of benzene rings is 1. The van der Waals surface area contributed by atoms with Crippen molar-refractivity contribution in [3.8, 4) is 5.75 Å². The molecule has 0 N–H and O–H groups in total. The van der Waals surface area contributed by atoms with Crippen molar-refractivity contribution in [3.05, 3.63) is 29.6 Å². The van der Waals surface area contributed by atoms with E-state index in [1.54, 1.807) is 19.9 Å². The predicted octanol–water partition coefficient (Wildman–Crippen LogP) is 3.83. The highest BCUT2D eigenvalue weighted by Gasteiger charge is 2.67. The van der Waals surface area contributed by atoms with E-state index in [4.69, 9.17) is 4.74 Å². The Balaban J connectivity index is 2.35. The number of rotatable bonds is 4. The number of hydrogen-bond acceptors (Lipinski definition) is 2. The van der Waals surface area contributed by atoms with Crippen LogP contribution in [0, 0.1) is 5.82 Å². The van der Waals surface area contributed by atoms with Crippen molar-refractivity contribution in [2.24, 2.45) is 0 Å². The molecule has 0 aliphatic carbocycles. The highest BCUT2D eigenvalue weighted by atomic mass is 19.4.